The van der Waals surface area contributed by atoms with Gasteiger partial charge in [-0.25, -0.2) is 22.8 Å². The lowest BCUT2D eigenvalue weighted by Gasteiger charge is -2.12. The van der Waals surface area contributed by atoms with Gasteiger partial charge < -0.3 is 19.8 Å². The van der Waals surface area contributed by atoms with Crippen LogP contribution in [-0.4, -0.2) is 36.9 Å². The Kier molecular flexibility index (Phi) is 8.29. The smallest absolute Gasteiger partial charge is 0.148 e. The molecule has 0 atom stereocenters. The zero-order valence-corrected chi connectivity index (χ0v) is 23.1. The molecule has 0 bridgehead atoms. The van der Waals surface area contributed by atoms with Gasteiger partial charge in [0.1, 0.15) is 51.7 Å². The van der Waals surface area contributed by atoms with E-state index in [1.165, 1.54) is 18.6 Å². The lowest BCUT2D eigenvalue weighted by atomic mass is 10.1. The lowest BCUT2D eigenvalue weighted by molar-refractivity contribution is 0.306. The first-order valence-electron chi connectivity index (χ1n) is 12.4. The van der Waals surface area contributed by atoms with Crippen LogP contribution < -0.4 is 15.4 Å². The molecule has 2 aromatic heterocycles. The highest BCUT2D eigenvalue weighted by Crippen LogP contribution is 2.34. The van der Waals surface area contributed by atoms with Gasteiger partial charge in [-0.05, 0) is 42.0 Å². The monoisotopic (exact) mass is 580 g/mol. The Morgan fingerprint density at radius 2 is 1.85 bits per heavy atom. The number of hydrogen-bond donors (Lipinski definition) is 2. The Morgan fingerprint density at radius 3 is 2.62 bits per heavy atom. The predicted octanol–water partition coefficient (Wildman–Crippen LogP) is 6.14. The van der Waals surface area contributed by atoms with Gasteiger partial charge >= 0.3 is 0 Å². The number of sulfone groups is 1. The standard InChI is InChI=1S/C29H26ClFN4O4S/c1-40(36,37)12-11-32-16-21-8-10-27(39-21)22-14-23-26(15-25(22)31)33-18-34-29(23)35-20-7-9-28(24(30)13-20)38-17-19-5-3-2-4-6-19/h2-10,13-15,18,32H,11-12,16-17H2,1H3,(H,33,34,35). The van der Waals surface area contributed by atoms with Gasteiger partial charge in [-0.2, -0.15) is 0 Å². The first kappa shape index (κ1) is 27.6. The summed E-state index contributed by atoms with van der Waals surface area (Å²) < 4.78 is 49.3. The molecular weight excluding hydrogens is 555 g/mol. The molecule has 0 radical (unpaired) electrons. The Hall–Kier alpha value is -3.99. The molecule has 2 N–H and O–H groups in total. The molecule has 40 heavy (non-hydrogen) atoms. The number of nitrogens with zero attached hydrogens (tertiary/aromatic N) is 2. The largest absolute Gasteiger partial charge is 0.487 e. The molecular formula is C29H26ClFN4O4S. The minimum Gasteiger partial charge on any atom is -0.487 e. The third-order valence-electron chi connectivity index (χ3n) is 6.03. The van der Waals surface area contributed by atoms with E-state index in [1.54, 1.807) is 30.3 Å². The maximum atomic E-state index is 15.0. The second-order valence-corrected chi connectivity index (χ2v) is 11.9. The lowest BCUT2D eigenvalue weighted by Crippen LogP contribution is -2.21. The fraction of sp³-hybridized carbons (Fsp3) is 0.172. The number of nitrogens with one attached hydrogen (secondary N) is 2. The molecule has 3 aromatic carbocycles. The molecule has 0 aliphatic heterocycles. The summed E-state index contributed by atoms with van der Waals surface area (Å²) in [6, 6.07) is 21.5. The van der Waals surface area contributed by atoms with Gasteiger partial charge in [0.05, 0.1) is 28.4 Å². The highest BCUT2D eigenvalue weighted by molar-refractivity contribution is 7.90. The SMILES string of the molecule is CS(=O)(=O)CCNCc1ccc(-c2cc3c(Nc4ccc(OCc5ccccc5)c(Cl)c4)ncnc3cc2F)o1. The van der Waals surface area contributed by atoms with Crippen LogP contribution in [0.15, 0.2) is 83.5 Å². The molecule has 0 saturated heterocycles. The zero-order chi connectivity index (χ0) is 28.1. The maximum Gasteiger partial charge on any atom is 0.148 e. The summed E-state index contributed by atoms with van der Waals surface area (Å²) >= 11 is 6.48. The summed E-state index contributed by atoms with van der Waals surface area (Å²) in [4.78, 5) is 8.57. The number of aromatic nitrogens is 2. The summed E-state index contributed by atoms with van der Waals surface area (Å²) in [5, 5.41) is 7.26. The molecule has 2 heterocycles. The molecule has 0 aliphatic rings. The van der Waals surface area contributed by atoms with Gasteiger partial charge in [-0.1, -0.05) is 41.9 Å². The molecule has 0 fully saturated rings. The predicted molar refractivity (Wildman–Crippen MR) is 154 cm³/mol. The number of hydrogen-bond acceptors (Lipinski definition) is 8. The molecule has 0 saturated carbocycles. The molecule has 8 nitrogen and oxygen atoms in total. The van der Waals surface area contributed by atoms with Crippen molar-refractivity contribution in [1.29, 1.82) is 0 Å². The number of ether oxygens (including phenoxy) is 1. The number of rotatable bonds is 11. The van der Waals surface area contributed by atoms with Crippen molar-refractivity contribution in [2.75, 3.05) is 23.9 Å². The maximum absolute atomic E-state index is 15.0. The molecule has 0 unspecified atom stereocenters. The van der Waals surface area contributed by atoms with Crippen molar-refractivity contribution in [2.45, 2.75) is 13.2 Å². The van der Waals surface area contributed by atoms with Crippen molar-refractivity contribution in [3.05, 3.63) is 101 Å². The summed E-state index contributed by atoms with van der Waals surface area (Å²) in [5.41, 5.74) is 2.36. The van der Waals surface area contributed by atoms with E-state index in [0.717, 1.165) is 5.56 Å². The van der Waals surface area contributed by atoms with Crippen LogP contribution in [0.5, 0.6) is 5.75 Å². The summed E-state index contributed by atoms with van der Waals surface area (Å²) in [6.07, 6.45) is 2.54. The fourth-order valence-electron chi connectivity index (χ4n) is 4.02. The fourth-order valence-corrected chi connectivity index (χ4v) is 4.77. The van der Waals surface area contributed by atoms with Crippen LogP contribution in [0, 0.1) is 5.82 Å². The van der Waals surface area contributed by atoms with Crippen LogP contribution in [0.3, 0.4) is 0 Å². The Balaban J connectivity index is 1.33. The minimum atomic E-state index is -3.06. The number of furan rings is 1. The summed E-state index contributed by atoms with van der Waals surface area (Å²) in [6.45, 7) is 0.992. The molecule has 206 valence electrons. The van der Waals surface area contributed by atoms with Crippen molar-refractivity contribution in [1.82, 2.24) is 15.3 Å². The number of fused-ring (bicyclic) bond motifs is 1. The van der Waals surface area contributed by atoms with Crippen molar-refractivity contribution < 1.29 is 22.0 Å². The zero-order valence-electron chi connectivity index (χ0n) is 21.5. The first-order chi connectivity index (χ1) is 19.2. The topological polar surface area (TPSA) is 106 Å². The van der Waals surface area contributed by atoms with Crippen molar-refractivity contribution in [3.8, 4) is 17.1 Å². The van der Waals surface area contributed by atoms with Crippen LogP contribution in [0.1, 0.15) is 11.3 Å². The molecule has 5 rings (SSSR count). The number of anilines is 2. The average Bonchev–Trinajstić information content (AvgIpc) is 3.39. The molecule has 5 aromatic rings. The highest BCUT2D eigenvalue weighted by atomic mass is 35.5. The van der Waals surface area contributed by atoms with Crippen LogP contribution >= 0.6 is 11.6 Å². The normalized spacial score (nSPS) is 11.6. The summed E-state index contributed by atoms with van der Waals surface area (Å²) in [7, 11) is -3.06. The molecule has 11 heteroatoms. The van der Waals surface area contributed by atoms with Crippen LogP contribution in [0.25, 0.3) is 22.2 Å². The number of halogens is 2. The molecule has 0 amide bonds. The Bertz CT molecular complexity index is 1750. The van der Waals surface area contributed by atoms with Crippen LogP contribution in [0.2, 0.25) is 5.02 Å². The van der Waals surface area contributed by atoms with Crippen molar-refractivity contribution >= 4 is 43.8 Å². The highest BCUT2D eigenvalue weighted by Gasteiger charge is 2.15. The van der Waals surface area contributed by atoms with Crippen LogP contribution in [0.4, 0.5) is 15.9 Å². The van der Waals surface area contributed by atoms with Gasteiger partial charge in [-0.15, -0.1) is 0 Å². The van der Waals surface area contributed by atoms with E-state index in [0.29, 0.717) is 57.9 Å². The second kappa shape index (κ2) is 12.0. The second-order valence-electron chi connectivity index (χ2n) is 9.19. The molecule has 0 aliphatic carbocycles. The number of benzene rings is 3. The third-order valence-corrected chi connectivity index (χ3v) is 7.27. The van der Waals surface area contributed by atoms with Crippen LogP contribution in [-0.2, 0) is 23.0 Å². The molecule has 0 spiro atoms. The van der Waals surface area contributed by atoms with Gasteiger partial charge in [0.15, 0.2) is 0 Å². The van der Waals surface area contributed by atoms with E-state index >= 15 is 4.39 Å². The van der Waals surface area contributed by atoms with E-state index in [4.69, 9.17) is 20.8 Å². The van der Waals surface area contributed by atoms with E-state index in [1.807, 2.05) is 36.4 Å². The van der Waals surface area contributed by atoms with Gasteiger partial charge in [0, 0.05) is 29.9 Å². The minimum absolute atomic E-state index is 0.0182. The van der Waals surface area contributed by atoms with Gasteiger partial charge in [0.2, 0.25) is 0 Å². The van der Waals surface area contributed by atoms with E-state index < -0.39 is 15.7 Å². The third kappa shape index (κ3) is 6.95. The quantitative estimate of drug-likeness (QED) is 0.179. The van der Waals surface area contributed by atoms with Crippen molar-refractivity contribution in [2.24, 2.45) is 0 Å². The van der Waals surface area contributed by atoms with E-state index in [9.17, 15) is 8.42 Å². The summed E-state index contributed by atoms with van der Waals surface area (Å²) in [5.74, 6) is 1.42. The van der Waals surface area contributed by atoms with Gasteiger partial charge in [-0.3, -0.25) is 0 Å². The van der Waals surface area contributed by atoms with Crippen molar-refractivity contribution in [3.63, 3.8) is 0 Å². The Labute approximate surface area is 236 Å². The van der Waals surface area contributed by atoms with Gasteiger partial charge in [0.25, 0.3) is 0 Å². The van der Waals surface area contributed by atoms with E-state index in [-0.39, 0.29) is 17.9 Å². The average molecular weight is 581 g/mol. The first-order valence-corrected chi connectivity index (χ1v) is 14.8. The van der Waals surface area contributed by atoms with E-state index in [2.05, 4.69) is 20.6 Å². The Morgan fingerprint density at radius 1 is 1.02 bits per heavy atom.